The molecule has 0 unspecified atom stereocenters. The van der Waals surface area contributed by atoms with E-state index in [9.17, 15) is 14.9 Å². The standard InChI is InChI=1S/C25H34N4O3S2/c1-4-6-7-8-9-10-11-29-24(31)21(34-25(29)33)16-19-18(3)20(17-26)23(30)28(5-2)22(19)27-12-14-32-15-13-27/h16H,4-15H2,1-3H3. The second kappa shape index (κ2) is 12.5. The highest BCUT2D eigenvalue weighted by Gasteiger charge is 2.33. The number of carbonyl (C=O) groups is 1. The molecule has 1 aromatic heterocycles. The maximum atomic E-state index is 13.2. The molecule has 0 aromatic carbocycles. The van der Waals surface area contributed by atoms with Crippen LogP contribution in [0.2, 0.25) is 0 Å². The lowest BCUT2D eigenvalue weighted by Crippen LogP contribution is -2.41. The van der Waals surface area contributed by atoms with Crippen LogP contribution in [0.4, 0.5) is 5.82 Å². The Balaban J connectivity index is 1.93. The van der Waals surface area contributed by atoms with Gasteiger partial charge in [-0.3, -0.25) is 19.1 Å². The number of unbranched alkanes of at least 4 members (excludes halogenated alkanes) is 5. The molecule has 9 heteroatoms. The Hall–Kier alpha value is -2.15. The summed E-state index contributed by atoms with van der Waals surface area (Å²) in [6.07, 6.45) is 8.71. The normalized spacial score (nSPS) is 17.6. The number of ether oxygens (including phenoxy) is 1. The molecule has 7 nitrogen and oxygen atoms in total. The first-order valence-corrected chi connectivity index (χ1v) is 13.4. The van der Waals surface area contributed by atoms with Crippen molar-refractivity contribution in [3.05, 3.63) is 31.9 Å². The summed E-state index contributed by atoms with van der Waals surface area (Å²) in [6, 6.07) is 2.08. The lowest BCUT2D eigenvalue weighted by molar-refractivity contribution is -0.122. The van der Waals surface area contributed by atoms with Gasteiger partial charge in [0.05, 0.1) is 18.1 Å². The van der Waals surface area contributed by atoms with Crippen molar-refractivity contribution in [2.75, 3.05) is 37.7 Å². The summed E-state index contributed by atoms with van der Waals surface area (Å²) in [5.41, 5.74) is 1.16. The molecule has 0 bridgehead atoms. The number of thiocarbonyl (C=S) groups is 1. The molecule has 0 spiro atoms. The van der Waals surface area contributed by atoms with Crippen LogP contribution >= 0.6 is 24.0 Å². The predicted octanol–water partition coefficient (Wildman–Crippen LogP) is 4.45. The van der Waals surface area contributed by atoms with Gasteiger partial charge in [-0.05, 0) is 31.9 Å². The van der Waals surface area contributed by atoms with Gasteiger partial charge >= 0.3 is 0 Å². The molecule has 3 heterocycles. The number of rotatable bonds is 10. The molecule has 1 amide bonds. The molecular formula is C25H34N4O3S2. The molecule has 2 aliphatic rings. The zero-order valence-electron chi connectivity index (χ0n) is 20.4. The molecule has 2 fully saturated rings. The predicted molar refractivity (Wildman–Crippen MR) is 142 cm³/mol. The monoisotopic (exact) mass is 502 g/mol. The van der Waals surface area contributed by atoms with E-state index >= 15 is 0 Å². The third-order valence-electron chi connectivity index (χ3n) is 6.36. The third kappa shape index (κ3) is 5.73. The first-order valence-electron chi connectivity index (χ1n) is 12.2. The quantitative estimate of drug-likeness (QED) is 0.266. The number of amides is 1. The van der Waals surface area contributed by atoms with Crippen LogP contribution in [-0.4, -0.2) is 52.5 Å². The summed E-state index contributed by atoms with van der Waals surface area (Å²) in [6.45, 7) is 9.35. The fourth-order valence-corrected chi connectivity index (χ4v) is 5.72. The van der Waals surface area contributed by atoms with Gasteiger partial charge in [-0.25, -0.2) is 0 Å². The van der Waals surface area contributed by atoms with Gasteiger partial charge in [-0.1, -0.05) is 63.0 Å². The first-order chi connectivity index (χ1) is 16.4. The topological polar surface area (TPSA) is 78.6 Å². The Morgan fingerprint density at radius 2 is 1.79 bits per heavy atom. The number of thioether (sulfide) groups is 1. The van der Waals surface area contributed by atoms with Crippen LogP contribution < -0.4 is 10.5 Å². The van der Waals surface area contributed by atoms with Crippen molar-refractivity contribution in [2.45, 2.75) is 65.8 Å². The molecule has 0 saturated carbocycles. The number of hydrogen-bond acceptors (Lipinski definition) is 7. The van der Waals surface area contributed by atoms with Crippen LogP contribution in [-0.2, 0) is 16.1 Å². The van der Waals surface area contributed by atoms with Gasteiger partial charge in [0.25, 0.3) is 11.5 Å². The number of anilines is 1. The van der Waals surface area contributed by atoms with Crippen LogP contribution in [0.1, 0.15) is 69.1 Å². The SMILES string of the molecule is CCCCCCCCN1C(=O)C(=Cc2c(C)c(C#N)c(=O)n(CC)c2N2CCOCC2)SC1=S. The summed E-state index contributed by atoms with van der Waals surface area (Å²) in [5.74, 6) is 0.650. The largest absolute Gasteiger partial charge is 0.378 e. The second-order valence-corrected chi connectivity index (χ2v) is 10.3. The number of carbonyl (C=O) groups excluding carboxylic acids is 1. The maximum Gasteiger partial charge on any atom is 0.270 e. The smallest absolute Gasteiger partial charge is 0.270 e. The Labute approximate surface area is 211 Å². The zero-order chi connectivity index (χ0) is 24.7. The minimum Gasteiger partial charge on any atom is -0.378 e. The van der Waals surface area contributed by atoms with Crippen molar-refractivity contribution < 1.29 is 9.53 Å². The van der Waals surface area contributed by atoms with E-state index in [2.05, 4.69) is 17.9 Å². The fraction of sp³-hybridized carbons (Fsp3) is 0.600. The highest BCUT2D eigenvalue weighted by Crippen LogP contribution is 2.36. The number of nitriles is 1. The average Bonchev–Trinajstić information content (AvgIpc) is 3.10. The van der Waals surface area contributed by atoms with E-state index in [-0.39, 0.29) is 17.0 Å². The number of pyridine rings is 1. The minimum absolute atomic E-state index is 0.0939. The van der Waals surface area contributed by atoms with Crippen LogP contribution in [0.25, 0.3) is 6.08 Å². The molecule has 0 aliphatic carbocycles. The van der Waals surface area contributed by atoms with E-state index in [1.807, 2.05) is 13.0 Å². The van der Waals surface area contributed by atoms with Crippen LogP contribution in [0.3, 0.4) is 0 Å². The van der Waals surface area contributed by atoms with E-state index < -0.39 is 0 Å². The molecule has 0 atom stereocenters. The molecular weight excluding hydrogens is 468 g/mol. The molecule has 34 heavy (non-hydrogen) atoms. The van der Waals surface area contributed by atoms with Crippen LogP contribution in [0.15, 0.2) is 9.70 Å². The van der Waals surface area contributed by atoms with Crippen LogP contribution in [0.5, 0.6) is 0 Å². The van der Waals surface area contributed by atoms with Gasteiger partial charge < -0.3 is 9.64 Å². The summed E-state index contributed by atoms with van der Waals surface area (Å²) in [4.78, 5) is 30.6. The van der Waals surface area contributed by atoms with Gasteiger partial charge in [0, 0.05) is 31.7 Å². The third-order valence-corrected chi connectivity index (χ3v) is 7.74. The van der Waals surface area contributed by atoms with Gasteiger partial charge in [0.2, 0.25) is 0 Å². The van der Waals surface area contributed by atoms with E-state index in [1.54, 1.807) is 16.4 Å². The van der Waals surface area contributed by atoms with Crippen molar-refractivity contribution in [3.8, 4) is 6.07 Å². The van der Waals surface area contributed by atoms with E-state index in [1.165, 1.54) is 37.4 Å². The maximum absolute atomic E-state index is 13.2. The van der Waals surface area contributed by atoms with Gasteiger partial charge in [0.1, 0.15) is 21.8 Å². The number of nitrogens with zero attached hydrogens (tertiary/aromatic N) is 4. The molecule has 184 valence electrons. The van der Waals surface area contributed by atoms with E-state index in [4.69, 9.17) is 17.0 Å². The molecule has 2 saturated heterocycles. The summed E-state index contributed by atoms with van der Waals surface area (Å²) in [7, 11) is 0. The molecule has 3 rings (SSSR count). The minimum atomic E-state index is -0.295. The van der Waals surface area contributed by atoms with Crippen molar-refractivity contribution >= 4 is 46.1 Å². The zero-order valence-corrected chi connectivity index (χ0v) is 22.0. The highest BCUT2D eigenvalue weighted by molar-refractivity contribution is 8.26. The second-order valence-electron chi connectivity index (χ2n) is 8.60. The van der Waals surface area contributed by atoms with E-state index in [0.717, 1.165) is 24.2 Å². The number of aromatic nitrogens is 1. The Kier molecular flexibility index (Phi) is 9.74. The lowest BCUT2D eigenvalue weighted by Gasteiger charge is -2.33. The van der Waals surface area contributed by atoms with Gasteiger partial charge in [-0.2, -0.15) is 5.26 Å². The van der Waals surface area contributed by atoms with Gasteiger partial charge in [0.15, 0.2) is 0 Å². The summed E-state index contributed by atoms with van der Waals surface area (Å²) >= 11 is 6.83. The van der Waals surface area contributed by atoms with Crippen molar-refractivity contribution in [2.24, 2.45) is 0 Å². The molecule has 0 radical (unpaired) electrons. The van der Waals surface area contributed by atoms with E-state index in [0.29, 0.717) is 54.2 Å². The molecule has 0 N–H and O–H groups in total. The Bertz CT molecular complexity index is 1050. The molecule has 2 aliphatic heterocycles. The Morgan fingerprint density at radius 1 is 1.12 bits per heavy atom. The summed E-state index contributed by atoms with van der Waals surface area (Å²) < 4.78 is 7.72. The van der Waals surface area contributed by atoms with Crippen molar-refractivity contribution in [1.82, 2.24) is 9.47 Å². The number of morpholine rings is 1. The van der Waals surface area contributed by atoms with Gasteiger partial charge in [-0.15, -0.1) is 0 Å². The van der Waals surface area contributed by atoms with Crippen molar-refractivity contribution in [3.63, 3.8) is 0 Å². The summed E-state index contributed by atoms with van der Waals surface area (Å²) in [5, 5.41) is 9.70. The molecule has 1 aromatic rings. The number of hydrogen-bond donors (Lipinski definition) is 0. The fourth-order valence-electron chi connectivity index (χ4n) is 4.43. The average molecular weight is 503 g/mol. The highest BCUT2D eigenvalue weighted by atomic mass is 32.2. The van der Waals surface area contributed by atoms with Crippen molar-refractivity contribution in [1.29, 1.82) is 5.26 Å². The first kappa shape index (κ1) is 26.5. The Morgan fingerprint density at radius 3 is 2.44 bits per heavy atom. The lowest BCUT2D eigenvalue weighted by atomic mass is 10.0. The van der Waals surface area contributed by atoms with Crippen LogP contribution in [0, 0.1) is 18.3 Å².